The summed E-state index contributed by atoms with van der Waals surface area (Å²) in [6.45, 7) is 0. The predicted octanol–water partition coefficient (Wildman–Crippen LogP) is 3.34. The first-order valence-corrected chi connectivity index (χ1v) is 9.98. The Balaban J connectivity index is 1.84. The van der Waals surface area contributed by atoms with E-state index in [1.807, 2.05) is 0 Å². The lowest BCUT2D eigenvalue weighted by Crippen LogP contribution is -2.12. The lowest BCUT2D eigenvalue weighted by Gasteiger charge is -2.08. The fraction of sp³-hybridized carbons (Fsp3) is 0. The van der Waals surface area contributed by atoms with Crippen LogP contribution in [0.25, 0.3) is 17.0 Å². The molecule has 0 saturated carbocycles. The van der Waals surface area contributed by atoms with Crippen molar-refractivity contribution in [1.29, 1.82) is 0 Å². The molecule has 2 heterocycles. The van der Waals surface area contributed by atoms with Crippen LogP contribution in [-0.2, 0) is 14.8 Å². The van der Waals surface area contributed by atoms with Crippen LogP contribution in [0.5, 0.6) is 0 Å². The largest absolute Gasteiger partial charge is 0.313 e. The third kappa shape index (κ3) is 3.04. The Morgan fingerprint density at radius 1 is 1.04 bits per heavy atom. The number of halogens is 1. The van der Waals surface area contributed by atoms with Crippen LogP contribution in [0.4, 0.5) is 9.18 Å². The van der Waals surface area contributed by atoms with Crippen molar-refractivity contribution in [2.45, 2.75) is 4.90 Å². The van der Waals surface area contributed by atoms with E-state index in [2.05, 4.69) is 5.32 Å². The molecule has 1 amide bonds. The van der Waals surface area contributed by atoms with Crippen molar-refractivity contribution >= 4 is 49.1 Å². The summed E-state index contributed by atoms with van der Waals surface area (Å²) in [6, 6.07) is 11.2. The molecule has 1 N–H and O–H groups in total. The van der Waals surface area contributed by atoms with Crippen LogP contribution in [0, 0.1) is 5.82 Å². The average molecular weight is 402 g/mol. The molecule has 6 nitrogen and oxygen atoms in total. The van der Waals surface area contributed by atoms with Gasteiger partial charge in [0.05, 0.1) is 16.1 Å². The fourth-order valence-corrected chi connectivity index (χ4v) is 4.69. The Bertz CT molecular complexity index is 1230. The number of benzene rings is 2. The molecular formula is C18H11FN2O4S2. The van der Waals surface area contributed by atoms with Crippen LogP contribution in [0.15, 0.2) is 65.3 Å². The number of rotatable bonds is 3. The molecule has 1 aliphatic rings. The van der Waals surface area contributed by atoms with Crippen LogP contribution in [0.2, 0.25) is 0 Å². The zero-order valence-corrected chi connectivity index (χ0v) is 15.2. The summed E-state index contributed by atoms with van der Waals surface area (Å²) < 4.78 is 40.0. The monoisotopic (exact) mass is 402 g/mol. The molecule has 27 heavy (non-hydrogen) atoms. The maximum absolute atomic E-state index is 13.1. The van der Waals surface area contributed by atoms with Gasteiger partial charge in [-0.15, -0.1) is 0 Å². The number of hydrogen-bond donors (Lipinski definition) is 1. The minimum absolute atomic E-state index is 0.0419. The van der Waals surface area contributed by atoms with E-state index < -0.39 is 26.2 Å². The van der Waals surface area contributed by atoms with Crippen molar-refractivity contribution in [3.05, 3.63) is 71.8 Å². The number of fused-ring (bicyclic) bond motifs is 1. The molecule has 0 atom stereocenters. The summed E-state index contributed by atoms with van der Waals surface area (Å²) in [4.78, 5) is 23.1. The SMILES string of the molecule is O=C1NC(=Cc2cccc3c2ccn3S(=O)(=O)c2ccc(F)cc2)C(=O)S1. The molecular weight excluding hydrogens is 391 g/mol. The summed E-state index contributed by atoms with van der Waals surface area (Å²) in [7, 11) is -3.91. The van der Waals surface area contributed by atoms with Gasteiger partial charge in [0.15, 0.2) is 0 Å². The second-order valence-corrected chi connectivity index (χ2v) is 8.47. The Morgan fingerprint density at radius 3 is 2.44 bits per heavy atom. The Hall–Kier alpha value is -2.91. The van der Waals surface area contributed by atoms with E-state index in [9.17, 15) is 22.4 Å². The van der Waals surface area contributed by atoms with Gasteiger partial charge in [-0.05, 0) is 48.0 Å². The Kier molecular flexibility index (Phi) is 4.12. The molecule has 136 valence electrons. The lowest BCUT2D eigenvalue weighted by atomic mass is 10.1. The molecule has 0 bridgehead atoms. The Labute approximate surface area is 157 Å². The first-order chi connectivity index (χ1) is 12.9. The van der Waals surface area contributed by atoms with Gasteiger partial charge in [-0.2, -0.15) is 0 Å². The molecule has 1 aliphatic heterocycles. The first-order valence-electron chi connectivity index (χ1n) is 7.72. The highest BCUT2D eigenvalue weighted by Gasteiger charge is 2.26. The maximum atomic E-state index is 13.1. The molecule has 4 rings (SSSR count). The molecule has 2 aromatic carbocycles. The molecule has 0 radical (unpaired) electrons. The zero-order chi connectivity index (χ0) is 19.2. The van der Waals surface area contributed by atoms with Gasteiger partial charge in [0.25, 0.3) is 15.3 Å². The van der Waals surface area contributed by atoms with Gasteiger partial charge < -0.3 is 5.32 Å². The van der Waals surface area contributed by atoms with Crippen LogP contribution in [-0.4, -0.2) is 22.7 Å². The van der Waals surface area contributed by atoms with Gasteiger partial charge >= 0.3 is 0 Å². The van der Waals surface area contributed by atoms with Crippen LogP contribution in [0.1, 0.15) is 5.56 Å². The number of nitrogens with one attached hydrogen (secondary N) is 1. The summed E-state index contributed by atoms with van der Waals surface area (Å²) in [5, 5.41) is 2.21. The number of thioether (sulfide) groups is 1. The van der Waals surface area contributed by atoms with Crippen LogP contribution in [0.3, 0.4) is 0 Å². The van der Waals surface area contributed by atoms with E-state index in [0.717, 1.165) is 16.1 Å². The summed E-state index contributed by atoms with van der Waals surface area (Å²) in [6.07, 6.45) is 2.91. The van der Waals surface area contributed by atoms with E-state index in [4.69, 9.17) is 0 Å². The van der Waals surface area contributed by atoms with E-state index in [1.165, 1.54) is 24.4 Å². The number of hydrogen-bond acceptors (Lipinski definition) is 5. The third-order valence-corrected chi connectivity index (χ3v) is 6.44. The van der Waals surface area contributed by atoms with Gasteiger partial charge in [0.2, 0.25) is 5.12 Å². The highest BCUT2D eigenvalue weighted by Crippen LogP contribution is 2.28. The van der Waals surface area contributed by atoms with E-state index >= 15 is 0 Å². The van der Waals surface area contributed by atoms with Gasteiger partial charge in [-0.3, -0.25) is 9.59 Å². The first kappa shape index (κ1) is 17.5. The molecule has 1 saturated heterocycles. The highest BCUT2D eigenvalue weighted by atomic mass is 32.2. The van der Waals surface area contributed by atoms with Gasteiger partial charge in [0.1, 0.15) is 5.82 Å². The Morgan fingerprint density at radius 2 is 1.78 bits per heavy atom. The van der Waals surface area contributed by atoms with Crippen molar-refractivity contribution in [3.63, 3.8) is 0 Å². The van der Waals surface area contributed by atoms with Crippen LogP contribution >= 0.6 is 11.8 Å². The second kappa shape index (κ2) is 6.36. The molecule has 9 heteroatoms. The zero-order valence-electron chi connectivity index (χ0n) is 13.5. The lowest BCUT2D eigenvalue weighted by molar-refractivity contribution is -0.107. The summed E-state index contributed by atoms with van der Waals surface area (Å²) in [5.41, 5.74) is 1.14. The molecule has 1 aromatic heterocycles. The normalized spacial score (nSPS) is 16.3. The number of nitrogens with zero attached hydrogens (tertiary/aromatic N) is 1. The summed E-state index contributed by atoms with van der Waals surface area (Å²) in [5.74, 6) is -0.527. The van der Waals surface area contributed by atoms with Crippen molar-refractivity contribution in [3.8, 4) is 0 Å². The maximum Gasteiger partial charge on any atom is 0.291 e. The molecule has 3 aromatic rings. The summed E-state index contributed by atoms with van der Waals surface area (Å²) >= 11 is 0.572. The molecule has 0 aliphatic carbocycles. The predicted molar refractivity (Wildman–Crippen MR) is 100 cm³/mol. The van der Waals surface area contributed by atoms with E-state index in [1.54, 1.807) is 24.3 Å². The van der Waals surface area contributed by atoms with Gasteiger partial charge in [-0.25, -0.2) is 16.8 Å². The molecule has 0 spiro atoms. The number of carbonyl (C=O) groups excluding carboxylic acids is 2. The standard InChI is InChI=1S/C18H11FN2O4S2/c19-12-4-6-13(7-5-12)27(24,25)21-9-8-14-11(2-1-3-16(14)21)10-15-17(22)26-18(23)20-15/h1-10H,(H,20,23). The average Bonchev–Trinajstić information content (AvgIpc) is 3.19. The number of carbonyl (C=O) groups is 2. The van der Waals surface area contributed by atoms with E-state index in [0.29, 0.717) is 28.2 Å². The number of aromatic nitrogens is 1. The van der Waals surface area contributed by atoms with Crippen LogP contribution < -0.4 is 5.32 Å². The second-order valence-electron chi connectivity index (χ2n) is 5.71. The van der Waals surface area contributed by atoms with Crippen molar-refractivity contribution in [1.82, 2.24) is 9.29 Å². The van der Waals surface area contributed by atoms with Crippen molar-refractivity contribution in [2.24, 2.45) is 0 Å². The fourth-order valence-electron chi connectivity index (χ4n) is 2.80. The van der Waals surface area contributed by atoms with Gasteiger partial charge in [0, 0.05) is 23.3 Å². The topological polar surface area (TPSA) is 85.2 Å². The smallest absolute Gasteiger partial charge is 0.291 e. The van der Waals surface area contributed by atoms with Crippen molar-refractivity contribution in [2.75, 3.05) is 0 Å². The van der Waals surface area contributed by atoms with Gasteiger partial charge in [-0.1, -0.05) is 12.1 Å². The van der Waals surface area contributed by atoms with E-state index in [-0.39, 0.29) is 10.6 Å². The minimum Gasteiger partial charge on any atom is -0.313 e. The highest BCUT2D eigenvalue weighted by molar-refractivity contribution is 8.27. The van der Waals surface area contributed by atoms with Crippen molar-refractivity contribution < 1.29 is 22.4 Å². The minimum atomic E-state index is -3.91. The number of amides is 1. The third-order valence-electron chi connectivity index (χ3n) is 4.04. The quantitative estimate of drug-likeness (QED) is 0.679. The molecule has 0 unspecified atom stereocenters. The molecule has 1 fully saturated rings.